The molecule has 4 rings (SSSR count). The average molecular weight is 483 g/mol. The number of thiazole rings is 1. The maximum Gasteiger partial charge on any atom is 0.338 e. The first-order valence-electron chi connectivity index (χ1n) is 10.6. The molecule has 3 aromatic rings. The van der Waals surface area contributed by atoms with Crippen molar-refractivity contribution in [2.45, 2.75) is 26.8 Å². The minimum atomic E-state index is -0.663. The highest BCUT2D eigenvalue weighted by Crippen LogP contribution is 2.31. The van der Waals surface area contributed by atoms with Crippen molar-refractivity contribution in [3.8, 4) is 5.75 Å². The van der Waals surface area contributed by atoms with Gasteiger partial charge in [-0.05, 0) is 56.2 Å². The van der Waals surface area contributed by atoms with E-state index in [1.54, 1.807) is 30.6 Å². The van der Waals surface area contributed by atoms with Gasteiger partial charge in [0.15, 0.2) is 4.80 Å². The lowest BCUT2D eigenvalue weighted by Gasteiger charge is -2.24. The summed E-state index contributed by atoms with van der Waals surface area (Å²) in [5.41, 5.74) is 2.13. The molecule has 2 aromatic carbocycles. The van der Waals surface area contributed by atoms with Gasteiger partial charge in [0.05, 0.1) is 35.1 Å². The maximum atomic E-state index is 13.6. The number of hydrogen-bond donors (Lipinski definition) is 0. The number of rotatable bonds is 6. The van der Waals surface area contributed by atoms with E-state index in [4.69, 9.17) is 21.1 Å². The van der Waals surface area contributed by atoms with E-state index in [2.05, 4.69) is 4.99 Å². The van der Waals surface area contributed by atoms with Gasteiger partial charge < -0.3 is 9.47 Å². The molecule has 1 atom stereocenters. The van der Waals surface area contributed by atoms with Gasteiger partial charge in [-0.3, -0.25) is 9.36 Å². The van der Waals surface area contributed by atoms with Crippen molar-refractivity contribution in [3.05, 3.63) is 95.6 Å². The van der Waals surface area contributed by atoms with Crippen LogP contribution in [0.4, 0.5) is 0 Å². The Labute approximate surface area is 200 Å². The second-order valence-electron chi connectivity index (χ2n) is 7.33. The van der Waals surface area contributed by atoms with Crippen LogP contribution in [0, 0.1) is 0 Å². The molecule has 1 aromatic heterocycles. The maximum absolute atomic E-state index is 13.6. The van der Waals surface area contributed by atoms with Gasteiger partial charge in [0.1, 0.15) is 5.75 Å². The van der Waals surface area contributed by atoms with E-state index in [1.165, 1.54) is 11.3 Å². The molecule has 0 spiro atoms. The number of esters is 1. The van der Waals surface area contributed by atoms with E-state index in [0.717, 1.165) is 11.1 Å². The van der Waals surface area contributed by atoms with E-state index in [1.807, 2.05) is 49.4 Å². The number of allylic oxidation sites excluding steroid dienone is 1. The van der Waals surface area contributed by atoms with Crippen LogP contribution >= 0.6 is 22.9 Å². The minimum absolute atomic E-state index is 0.225. The van der Waals surface area contributed by atoms with Crippen molar-refractivity contribution in [2.24, 2.45) is 4.99 Å². The van der Waals surface area contributed by atoms with Crippen LogP contribution in [0.2, 0.25) is 5.02 Å². The largest absolute Gasteiger partial charge is 0.494 e. The van der Waals surface area contributed by atoms with Crippen molar-refractivity contribution in [1.82, 2.24) is 4.57 Å². The molecule has 0 fully saturated rings. The Bertz CT molecular complexity index is 1400. The fourth-order valence-electron chi connectivity index (χ4n) is 3.75. The van der Waals surface area contributed by atoms with E-state index >= 15 is 0 Å². The molecule has 0 N–H and O–H groups in total. The Morgan fingerprint density at radius 2 is 1.88 bits per heavy atom. The quantitative estimate of drug-likeness (QED) is 0.500. The van der Waals surface area contributed by atoms with Crippen molar-refractivity contribution in [2.75, 3.05) is 13.2 Å². The van der Waals surface area contributed by atoms with Crippen LogP contribution in [0.5, 0.6) is 5.75 Å². The third-order valence-electron chi connectivity index (χ3n) is 5.22. The zero-order valence-corrected chi connectivity index (χ0v) is 20.1. The number of aromatic nitrogens is 1. The van der Waals surface area contributed by atoms with Gasteiger partial charge in [0, 0.05) is 5.02 Å². The fraction of sp³-hybridized carbons (Fsp3) is 0.240. The minimum Gasteiger partial charge on any atom is -0.494 e. The molecule has 0 aliphatic carbocycles. The summed E-state index contributed by atoms with van der Waals surface area (Å²) in [6, 6.07) is 14.0. The zero-order chi connectivity index (χ0) is 23.5. The van der Waals surface area contributed by atoms with Crippen LogP contribution in [0.25, 0.3) is 6.08 Å². The molecule has 0 radical (unpaired) electrons. The van der Waals surface area contributed by atoms with Gasteiger partial charge in [-0.25, -0.2) is 9.79 Å². The normalized spacial score (nSPS) is 15.8. The average Bonchev–Trinajstić information content (AvgIpc) is 3.10. The molecule has 1 aliphatic heterocycles. The number of hydrogen-bond acceptors (Lipinski definition) is 6. The van der Waals surface area contributed by atoms with Crippen LogP contribution in [-0.2, 0) is 9.53 Å². The molecule has 33 heavy (non-hydrogen) atoms. The number of carbonyl (C=O) groups is 1. The Morgan fingerprint density at radius 3 is 2.55 bits per heavy atom. The molecule has 0 unspecified atom stereocenters. The smallest absolute Gasteiger partial charge is 0.338 e. The number of nitrogens with zero attached hydrogens (tertiary/aromatic N) is 2. The predicted molar refractivity (Wildman–Crippen MR) is 129 cm³/mol. The highest BCUT2D eigenvalue weighted by molar-refractivity contribution is 7.07. The molecule has 0 saturated heterocycles. The van der Waals surface area contributed by atoms with Gasteiger partial charge in [0.2, 0.25) is 0 Å². The second-order valence-corrected chi connectivity index (χ2v) is 8.74. The van der Waals surface area contributed by atoms with Crippen LogP contribution in [0.3, 0.4) is 0 Å². The van der Waals surface area contributed by atoms with E-state index in [9.17, 15) is 9.59 Å². The molecule has 0 saturated carbocycles. The SMILES string of the molecule is CCOC(=O)C1=C(C)N=c2s/c(=C\c3ccccc3Cl)c(=O)n2[C@@H]1c1ccc(OCC)cc1. The molecule has 2 heterocycles. The zero-order valence-electron chi connectivity index (χ0n) is 18.5. The molecular formula is C25H23ClN2O4S. The summed E-state index contributed by atoms with van der Waals surface area (Å²) in [6.45, 7) is 6.19. The summed E-state index contributed by atoms with van der Waals surface area (Å²) in [4.78, 5) is 31.6. The summed E-state index contributed by atoms with van der Waals surface area (Å²) >= 11 is 7.57. The summed E-state index contributed by atoms with van der Waals surface area (Å²) in [7, 11) is 0. The topological polar surface area (TPSA) is 69.9 Å². The summed E-state index contributed by atoms with van der Waals surface area (Å²) in [6.07, 6.45) is 1.75. The van der Waals surface area contributed by atoms with Gasteiger partial charge in [0.25, 0.3) is 5.56 Å². The van der Waals surface area contributed by atoms with E-state index < -0.39 is 12.0 Å². The van der Waals surface area contributed by atoms with E-state index in [0.29, 0.717) is 38.0 Å². The molecule has 0 amide bonds. The number of fused-ring (bicyclic) bond motifs is 1. The lowest BCUT2D eigenvalue weighted by molar-refractivity contribution is -0.139. The van der Waals surface area contributed by atoms with Crippen LogP contribution in [-0.4, -0.2) is 23.8 Å². The van der Waals surface area contributed by atoms with Gasteiger partial charge in [-0.1, -0.05) is 53.3 Å². The lowest BCUT2D eigenvalue weighted by Crippen LogP contribution is -2.39. The van der Waals surface area contributed by atoms with Crippen LogP contribution in [0.15, 0.2) is 69.6 Å². The van der Waals surface area contributed by atoms with Gasteiger partial charge in [-0.2, -0.15) is 0 Å². The Kier molecular flexibility index (Phi) is 6.81. The van der Waals surface area contributed by atoms with Crippen LogP contribution in [0.1, 0.15) is 37.9 Å². The monoisotopic (exact) mass is 482 g/mol. The highest BCUT2D eigenvalue weighted by Gasteiger charge is 2.33. The molecule has 8 heteroatoms. The summed E-state index contributed by atoms with van der Waals surface area (Å²) in [5, 5.41) is 0.551. The van der Waals surface area contributed by atoms with Crippen molar-refractivity contribution in [3.63, 3.8) is 0 Å². The predicted octanol–water partition coefficient (Wildman–Crippen LogP) is 3.85. The number of benzene rings is 2. The Hall–Kier alpha value is -3.16. The second kappa shape index (κ2) is 9.77. The summed E-state index contributed by atoms with van der Waals surface area (Å²) in [5.74, 6) is 0.226. The van der Waals surface area contributed by atoms with Gasteiger partial charge in [-0.15, -0.1) is 0 Å². The third kappa shape index (κ3) is 4.51. The molecule has 6 nitrogen and oxygen atoms in total. The Balaban J connectivity index is 1.93. The first-order chi connectivity index (χ1) is 15.9. The first kappa shape index (κ1) is 23.0. The Morgan fingerprint density at radius 1 is 1.15 bits per heavy atom. The fourth-order valence-corrected chi connectivity index (χ4v) is 4.98. The molecule has 170 valence electrons. The standard InChI is InChI=1S/C25H23ClN2O4S/c1-4-31-18-12-10-16(11-13-18)22-21(24(30)32-5-2)15(3)27-25-28(22)23(29)20(33-25)14-17-8-6-7-9-19(17)26/h6-14,22H,4-5H2,1-3H3/b20-14-/t22-/m1/s1. The van der Waals surface area contributed by atoms with Crippen molar-refractivity contribution in [1.29, 1.82) is 0 Å². The van der Waals surface area contributed by atoms with E-state index in [-0.39, 0.29) is 12.2 Å². The number of halogens is 1. The molecular weight excluding hydrogens is 460 g/mol. The van der Waals surface area contributed by atoms with Crippen molar-refractivity contribution < 1.29 is 14.3 Å². The van der Waals surface area contributed by atoms with Crippen molar-refractivity contribution >= 4 is 35.0 Å². The highest BCUT2D eigenvalue weighted by atomic mass is 35.5. The first-order valence-corrected chi connectivity index (χ1v) is 11.8. The number of ether oxygens (including phenoxy) is 2. The van der Waals surface area contributed by atoms with Crippen LogP contribution < -0.4 is 19.6 Å². The lowest BCUT2D eigenvalue weighted by atomic mass is 9.96. The number of carbonyl (C=O) groups excluding carboxylic acids is 1. The molecule has 0 bridgehead atoms. The molecule has 1 aliphatic rings. The van der Waals surface area contributed by atoms with Gasteiger partial charge >= 0.3 is 5.97 Å². The third-order valence-corrected chi connectivity index (χ3v) is 6.54. The summed E-state index contributed by atoms with van der Waals surface area (Å²) < 4.78 is 12.9.